The topological polar surface area (TPSA) is 0 Å². The Kier molecular flexibility index (Phi) is 10.3. The Morgan fingerprint density at radius 2 is 0.854 bits per heavy atom. The standard InChI is InChI=1S/C40H54.CH4/c1-7-9-11-13-15-17-23-40(24-18-16-14-12-10-8-2)37-26-30(4)20-22-32(37)34-27-36-33(28-38(34)40)31-21-19-29(3)25-35(31)39(36,5)6;/h19-22,25-28H,7-18,23-24H2,1-6H3;1H4. The van der Waals surface area contributed by atoms with Crippen LogP contribution in [0, 0.1) is 13.8 Å². The molecule has 0 atom stereocenters. The van der Waals surface area contributed by atoms with Gasteiger partial charge in [-0.15, -0.1) is 0 Å². The zero-order valence-corrected chi connectivity index (χ0v) is 26.5. The SMILES string of the molecule is C.CCCCCCCCC1(CCCCCCCC)c2cc(C)ccc2-c2cc3c(cc21)-c1ccc(C)cc1C3(C)C. The molecule has 0 radical (unpaired) electrons. The summed E-state index contributed by atoms with van der Waals surface area (Å²) in [5.74, 6) is 0. The summed E-state index contributed by atoms with van der Waals surface area (Å²) in [5.41, 5.74) is 15.3. The summed E-state index contributed by atoms with van der Waals surface area (Å²) in [5, 5.41) is 0. The fourth-order valence-electron chi connectivity index (χ4n) is 8.03. The Hall–Kier alpha value is -2.34. The largest absolute Gasteiger partial charge is 0.0776 e. The van der Waals surface area contributed by atoms with Crippen molar-refractivity contribution in [1.29, 1.82) is 0 Å². The van der Waals surface area contributed by atoms with Crippen LogP contribution in [0.1, 0.15) is 158 Å². The highest BCUT2D eigenvalue weighted by atomic mass is 14.5. The molecule has 0 amide bonds. The van der Waals surface area contributed by atoms with E-state index in [9.17, 15) is 0 Å². The van der Waals surface area contributed by atoms with Crippen molar-refractivity contribution in [2.75, 3.05) is 0 Å². The lowest BCUT2D eigenvalue weighted by Gasteiger charge is -2.33. The van der Waals surface area contributed by atoms with Gasteiger partial charge in [0.2, 0.25) is 0 Å². The van der Waals surface area contributed by atoms with Crippen molar-refractivity contribution < 1.29 is 0 Å². The molecule has 3 aromatic rings. The van der Waals surface area contributed by atoms with Gasteiger partial charge in [-0.25, -0.2) is 0 Å². The van der Waals surface area contributed by atoms with Gasteiger partial charge in [-0.3, -0.25) is 0 Å². The zero-order chi connectivity index (χ0) is 28.3. The number of benzene rings is 3. The first-order chi connectivity index (χ1) is 19.3. The fraction of sp³-hybridized carbons (Fsp3) is 0.561. The van der Waals surface area contributed by atoms with Crippen molar-refractivity contribution in [3.05, 3.63) is 81.9 Å². The van der Waals surface area contributed by atoms with E-state index in [0.29, 0.717) is 0 Å². The number of hydrogen-bond donors (Lipinski definition) is 0. The molecule has 41 heavy (non-hydrogen) atoms. The lowest BCUT2D eigenvalue weighted by molar-refractivity contribution is 0.397. The summed E-state index contributed by atoms with van der Waals surface area (Å²) in [4.78, 5) is 0. The van der Waals surface area contributed by atoms with Crippen molar-refractivity contribution in [3.63, 3.8) is 0 Å². The fourth-order valence-corrected chi connectivity index (χ4v) is 8.03. The molecule has 0 unspecified atom stereocenters. The minimum atomic E-state index is 0. The molecule has 0 N–H and O–H groups in total. The van der Waals surface area contributed by atoms with Crippen LogP contribution in [-0.2, 0) is 10.8 Å². The Bertz CT molecular complexity index is 1300. The minimum Gasteiger partial charge on any atom is -0.0776 e. The van der Waals surface area contributed by atoms with Crippen LogP contribution in [0.5, 0.6) is 0 Å². The maximum absolute atomic E-state index is 2.68. The number of aryl methyl sites for hydroxylation is 2. The second-order valence-electron chi connectivity index (χ2n) is 13.8. The highest BCUT2D eigenvalue weighted by Gasteiger charge is 2.45. The van der Waals surface area contributed by atoms with Crippen LogP contribution in [-0.4, -0.2) is 0 Å². The molecule has 0 saturated heterocycles. The van der Waals surface area contributed by atoms with Gasteiger partial charge in [-0.2, -0.15) is 0 Å². The molecule has 0 heterocycles. The molecule has 0 spiro atoms. The first kappa shape index (κ1) is 31.6. The van der Waals surface area contributed by atoms with Gasteiger partial charge in [0.05, 0.1) is 0 Å². The molecule has 0 aromatic heterocycles. The van der Waals surface area contributed by atoms with E-state index in [0.717, 1.165) is 0 Å². The summed E-state index contributed by atoms with van der Waals surface area (Å²) in [6.07, 6.45) is 19.0. The first-order valence-electron chi connectivity index (χ1n) is 16.8. The van der Waals surface area contributed by atoms with E-state index in [1.165, 1.54) is 134 Å². The lowest BCUT2D eigenvalue weighted by atomic mass is 9.69. The maximum Gasteiger partial charge on any atom is 0.0215 e. The highest BCUT2D eigenvalue weighted by Crippen LogP contribution is 2.59. The number of hydrogen-bond acceptors (Lipinski definition) is 0. The molecule has 222 valence electrons. The van der Waals surface area contributed by atoms with E-state index in [1.54, 1.807) is 11.1 Å². The highest BCUT2D eigenvalue weighted by molar-refractivity contribution is 5.90. The molecule has 2 aliphatic rings. The molecule has 0 nitrogen and oxygen atoms in total. The Labute approximate surface area is 253 Å². The molecular weight excluding hydrogens is 492 g/mol. The van der Waals surface area contributed by atoms with Crippen LogP contribution < -0.4 is 0 Å². The van der Waals surface area contributed by atoms with Gasteiger partial charge in [-0.05, 0) is 83.3 Å². The van der Waals surface area contributed by atoms with E-state index in [2.05, 4.69) is 90.1 Å². The predicted octanol–water partition coefficient (Wildman–Crippen LogP) is 13.0. The molecule has 3 aromatic carbocycles. The molecule has 2 aliphatic carbocycles. The second-order valence-corrected chi connectivity index (χ2v) is 13.8. The Balaban J connectivity index is 0.00000387. The molecule has 0 heteroatoms. The van der Waals surface area contributed by atoms with Crippen LogP contribution in [0.25, 0.3) is 22.3 Å². The summed E-state index contributed by atoms with van der Waals surface area (Å²) in [6.45, 7) is 14.1. The third kappa shape index (κ3) is 5.96. The van der Waals surface area contributed by atoms with Gasteiger partial charge in [-0.1, -0.05) is 160 Å². The van der Waals surface area contributed by atoms with Crippen LogP contribution in [0.4, 0.5) is 0 Å². The van der Waals surface area contributed by atoms with Gasteiger partial charge < -0.3 is 0 Å². The summed E-state index contributed by atoms with van der Waals surface area (Å²) < 4.78 is 0. The quantitative estimate of drug-likeness (QED) is 0.175. The van der Waals surface area contributed by atoms with Crippen molar-refractivity contribution in [3.8, 4) is 22.3 Å². The van der Waals surface area contributed by atoms with Crippen LogP contribution in [0.2, 0.25) is 0 Å². The Morgan fingerprint density at radius 1 is 0.463 bits per heavy atom. The van der Waals surface area contributed by atoms with Crippen molar-refractivity contribution in [2.24, 2.45) is 0 Å². The zero-order valence-electron chi connectivity index (χ0n) is 26.5. The first-order valence-corrected chi connectivity index (χ1v) is 16.8. The van der Waals surface area contributed by atoms with Gasteiger partial charge in [0.25, 0.3) is 0 Å². The van der Waals surface area contributed by atoms with Crippen molar-refractivity contribution in [1.82, 2.24) is 0 Å². The van der Waals surface area contributed by atoms with Crippen LogP contribution in [0.15, 0.2) is 48.5 Å². The second kappa shape index (κ2) is 13.3. The van der Waals surface area contributed by atoms with Gasteiger partial charge >= 0.3 is 0 Å². The molecule has 0 bridgehead atoms. The molecule has 0 aliphatic heterocycles. The molecular formula is C41H58. The summed E-state index contributed by atoms with van der Waals surface area (Å²) >= 11 is 0. The Morgan fingerprint density at radius 3 is 1.41 bits per heavy atom. The average Bonchev–Trinajstić information content (AvgIpc) is 3.32. The molecule has 0 saturated carbocycles. The monoisotopic (exact) mass is 550 g/mol. The minimum absolute atomic E-state index is 0. The normalized spacial score (nSPS) is 15.2. The van der Waals surface area contributed by atoms with E-state index in [-0.39, 0.29) is 18.3 Å². The van der Waals surface area contributed by atoms with E-state index in [1.807, 2.05) is 0 Å². The molecule has 0 fully saturated rings. The van der Waals surface area contributed by atoms with Gasteiger partial charge in [0, 0.05) is 10.8 Å². The third-order valence-electron chi connectivity index (χ3n) is 10.4. The van der Waals surface area contributed by atoms with Crippen molar-refractivity contribution >= 4 is 0 Å². The number of fused-ring (bicyclic) bond motifs is 6. The number of unbranched alkanes of at least 4 members (excludes halogenated alkanes) is 10. The van der Waals surface area contributed by atoms with E-state index in [4.69, 9.17) is 0 Å². The van der Waals surface area contributed by atoms with Crippen LogP contribution >= 0.6 is 0 Å². The van der Waals surface area contributed by atoms with Crippen molar-refractivity contribution in [2.45, 2.75) is 150 Å². The average molecular weight is 551 g/mol. The number of rotatable bonds is 14. The van der Waals surface area contributed by atoms with E-state index >= 15 is 0 Å². The summed E-state index contributed by atoms with van der Waals surface area (Å²) in [7, 11) is 0. The predicted molar refractivity (Wildman–Crippen MR) is 182 cm³/mol. The van der Waals surface area contributed by atoms with Gasteiger partial charge in [0.15, 0.2) is 0 Å². The molecule has 5 rings (SSSR count). The smallest absolute Gasteiger partial charge is 0.0215 e. The maximum atomic E-state index is 2.68. The summed E-state index contributed by atoms with van der Waals surface area (Å²) in [6, 6.07) is 19.8. The van der Waals surface area contributed by atoms with Gasteiger partial charge in [0.1, 0.15) is 0 Å². The van der Waals surface area contributed by atoms with Crippen LogP contribution in [0.3, 0.4) is 0 Å². The lowest BCUT2D eigenvalue weighted by Crippen LogP contribution is -2.26. The third-order valence-corrected chi connectivity index (χ3v) is 10.4. The van der Waals surface area contributed by atoms with E-state index < -0.39 is 0 Å².